The fourth-order valence-corrected chi connectivity index (χ4v) is 7.67. The Morgan fingerprint density at radius 3 is 1.54 bits per heavy atom. The van der Waals surface area contributed by atoms with Crippen molar-refractivity contribution in [2.45, 2.75) is 0 Å². The van der Waals surface area contributed by atoms with Crippen molar-refractivity contribution < 1.29 is 4.42 Å². The van der Waals surface area contributed by atoms with Crippen LogP contribution in [0.4, 0.5) is 17.1 Å². The molecule has 0 fully saturated rings. The molecule has 52 heavy (non-hydrogen) atoms. The normalized spacial score (nSPS) is 11.5. The maximum Gasteiger partial charge on any atom is 0.137 e. The predicted octanol–water partition coefficient (Wildman–Crippen LogP) is 14.4. The van der Waals surface area contributed by atoms with Crippen molar-refractivity contribution in [1.29, 1.82) is 0 Å². The molecule has 0 aliphatic carbocycles. The molecule has 1 heterocycles. The zero-order valence-electron chi connectivity index (χ0n) is 28.4. The quantitative estimate of drug-likeness (QED) is 0.176. The Morgan fingerprint density at radius 2 is 0.846 bits per heavy atom. The van der Waals surface area contributed by atoms with Crippen molar-refractivity contribution in [3.05, 3.63) is 200 Å². The van der Waals surface area contributed by atoms with Gasteiger partial charge in [-0.25, -0.2) is 0 Å². The standard InChI is InChI=1S/C50H33NO/c1-2-12-36(13-3-1)45-32-39-15-6-7-16-40(39)33-46(45)37-25-29-43(30-26-37)51(47-18-10-20-49-50(47)44-17-8-9-19-48(44)52-49)42-27-23-35(24-28-42)41-22-21-34-11-4-5-14-38(34)31-41/h1-33H. The predicted molar refractivity (Wildman–Crippen MR) is 220 cm³/mol. The van der Waals surface area contributed by atoms with Gasteiger partial charge in [0.15, 0.2) is 0 Å². The summed E-state index contributed by atoms with van der Waals surface area (Å²) in [6.07, 6.45) is 0. The van der Waals surface area contributed by atoms with E-state index in [0.29, 0.717) is 0 Å². The van der Waals surface area contributed by atoms with Gasteiger partial charge in [-0.2, -0.15) is 0 Å². The maximum atomic E-state index is 6.37. The van der Waals surface area contributed by atoms with Crippen molar-refractivity contribution in [3.63, 3.8) is 0 Å². The minimum absolute atomic E-state index is 0.872. The third-order valence-corrected chi connectivity index (χ3v) is 10.2. The Labute approximate surface area is 302 Å². The Bertz CT molecular complexity index is 2890. The van der Waals surface area contributed by atoms with E-state index < -0.39 is 0 Å². The Morgan fingerprint density at radius 1 is 0.327 bits per heavy atom. The molecule has 10 rings (SSSR count). The molecule has 10 aromatic rings. The number of anilines is 3. The minimum Gasteiger partial charge on any atom is -0.456 e. The van der Waals surface area contributed by atoms with Crippen LogP contribution in [-0.4, -0.2) is 0 Å². The van der Waals surface area contributed by atoms with Crippen LogP contribution in [-0.2, 0) is 0 Å². The highest BCUT2D eigenvalue weighted by Crippen LogP contribution is 2.44. The molecule has 9 aromatic carbocycles. The monoisotopic (exact) mass is 663 g/mol. The first-order valence-corrected chi connectivity index (χ1v) is 17.8. The molecule has 2 heteroatoms. The molecule has 1 aromatic heterocycles. The lowest BCUT2D eigenvalue weighted by Gasteiger charge is -2.27. The molecule has 0 radical (unpaired) electrons. The van der Waals surface area contributed by atoms with E-state index in [1.165, 1.54) is 54.9 Å². The number of hydrogen-bond acceptors (Lipinski definition) is 2. The van der Waals surface area contributed by atoms with Crippen molar-refractivity contribution in [2.24, 2.45) is 0 Å². The first-order valence-electron chi connectivity index (χ1n) is 17.8. The Hall–Kier alpha value is -6.90. The van der Waals surface area contributed by atoms with Crippen LogP contribution >= 0.6 is 0 Å². The maximum absolute atomic E-state index is 6.37. The summed E-state index contributed by atoms with van der Waals surface area (Å²) in [6.45, 7) is 0. The van der Waals surface area contributed by atoms with E-state index >= 15 is 0 Å². The lowest BCUT2D eigenvalue weighted by molar-refractivity contribution is 0.669. The second-order valence-corrected chi connectivity index (χ2v) is 13.4. The summed E-state index contributed by atoms with van der Waals surface area (Å²) in [5.41, 5.74) is 12.2. The molecule has 244 valence electrons. The number of fused-ring (bicyclic) bond motifs is 5. The van der Waals surface area contributed by atoms with Crippen LogP contribution in [0.25, 0.3) is 76.9 Å². The smallest absolute Gasteiger partial charge is 0.137 e. The van der Waals surface area contributed by atoms with E-state index in [0.717, 1.165) is 39.0 Å². The van der Waals surface area contributed by atoms with E-state index in [9.17, 15) is 0 Å². The average molecular weight is 664 g/mol. The Kier molecular flexibility index (Phi) is 7.18. The van der Waals surface area contributed by atoms with Crippen molar-refractivity contribution in [3.8, 4) is 33.4 Å². The molecule has 0 atom stereocenters. The van der Waals surface area contributed by atoms with E-state index in [1.54, 1.807) is 0 Å². The van der Waals surface area contributed by atoms with Crippen molar-refractivity contribution in [2.75, 3.05) is 4.90 Å². The summed E-state index contributed by atoms with van der Waals surface area (Å²) < 4.78 is 6.37. The van der Waals surface area contributed by atoms with E-state index in [4.69, 9.17) is 4.42 Å². The zero-order chi connectivity index (χ0) is 34.4. The fourth-order valence-electron chi connectivity index (χ4n) is 7.67. The molecule has 0 saturated carbocycles. The highest BCUT2D eigenvalue weighted by Gasteiger charge is 2.20. The number of rotatable bonds is 6. The molecule has 2 nitrogen and oxygen atoms in total. The van der Waals surface area contributed by atoms with E-state index in [-0.39, 0.29) is 0 Å². The van der Waals surface area contributed by atoms with Crippen LogP contribution in [0, 0.1) is 0 Å². The lowest BCUT2D eigenvalue weighted by atomic mass is 9.91. The van der Waals surface area contributed by atoms with E-state index in [2.05, 4.69) is 193 Å². The van der Waals surface area contributed by atoms with Gasteiger partial charge in [0, 0.05) is 16.8 Å². The van der Waals surface area contributed by atoms with Gasteiger partial charge in [0.05, 0.1) is 11.1 Å². The number of benzene rings is 9. The summed E-state index contributed by atoms with van der Waals surface area (Å²) in [6, 6.07) is 71.8. The number of hydrogen-bond donors (Lipinski definition) is 0. The summed E-state index contributed by atoms with van der Waals surface area (Å²) in [5, 5.41) is 7.16. The van der Waals surface area contributed by atoms with Crippen molar-refractivity contribution in [1.82, 2.24) is 0 Å². The van der Waals surface area contributed by atoms with Crippen LogP contribution in [0.1, 0.15) is 0 Å². The van der Waals surface area contributed by atoms with Crippen LogP contribution < -0.4 is 4.90 Å². The second kappa shape index (κ2) is 12.5. The molecule has 0 aliphatic rings. The van der Waals surface area contributed by atoms with Crippen molar-refractivity contribution >= 4 is 60.5 Å². The first kappa shape index (κ1) is 30.0. The highest BCUT2D eigenvalue weighted by atomic mass is 16.3. The Balaban J connectivity index is 1.12. The minimum atomic E-state index is 0.872. The number of furan rings is 1. The topological polar surface area (TPSA) is 16.4 Å². The zero-order valence-corrected chi connectivity index (χ0v) is 28.4. The second-order valence-electron chi connectivity index (χ2n) is 13.4. The van der Waals surface area contributed by atoms with Crippen LogP contribution in [0.15, 0.2) is 205 Å². The molecular formula is C50H33NO. The van der Waals surface area contributed by atoms with Crippen LogP contribution in [0.5, 0.6) is 0 Å². The summed E-state index contributed by atoms with van der Waals surface area (Å²) >= 11 is 0. The largest absolute Gasteiger partial charge is 0.456 e. The van der Waals surface area contributed by atoms with Crippen LogP contribution in [0.3, 0.4) is 0 Å². The summed E-state index contributed by atoms with van der Waals surface area (Å²) in [5.74, 6) is 0. The van der Waals surface area contributed by atoms with Gasteiger partial charge in [0.2, 0.25) is 0 Å². The molecule has 0 aliphatic heterocycles. The summed E-state index contributed by atoms with van der Waals surface area (Å²) in [4.78, 5) is 2.36. The van der Waals surface area contributed by atoms with Gasteiger partial charge in [-0.15, -0.1) is 0 Å². The summed E-state index contributed by atoms with van der Waals surface area (Å²) in [7, 11) is 0. The molecule has 0 spiro atoms. The number of para-hydroxylation sites is 1. The highest BCUT2D eigenvalue weighted by molar-refractivity contribution is 6.13. The molecule has 0 amide bonds. The van der Waals surface area contributed by atoms with Gasteiger partial charge in [0.25, 0.3) is 0 Å². The third-order valence-electron chi connectivity index (χ3n) is 10.2. The van der Waals surface area contributed by atoms with Gasteiger partial charge >= 0.3 is 0 Å². The third kappa shape index (κ3) is 5.21. The lowest BCUT2D eigenvalue weighted by Crippen LogP contribution is -2.10. The van der Waals surface area contributed by atoms with Gasteiger partial charge < -0.3 is 9.32 Å². The SMILES string of the molecule is c1ccc(-c2cc3ccccc3cc2-c2ccc(N(c3ccc(-c4ccc5ccccc5c4)cc3)c3cccc4oc5ccccc5c34)cc2)cc1. The molecule has 0 bridgehead atoms. The van der Waals surface area contributed by atoms with Crippen LogP contribution in [0.2, 0.25) is 0 Å². The van der Waals surface area contributed by atoms with Gasteiger partial charge in [-0.1, -0.05) is 140 Å². The molecule has 0 saturated heterocycles. The average Bonchev–Trinajstić information content (AvgIpc) is 3.61. The number of nitrogens with zero attached hydrogens (tertiary/aromatic N) is 1. The molecule has 0 N–H and O–H groups in total. The molecule has 0 unspecified atom stereocenters. The first-order chi connectivity index (χ1) is 25.8. The van der Waals surface area contributed by atoms with Gasteiger partial charge in [-0.05, 0) is 116 Å². The van der Waals surface area contributed by atoms with Gasteiger partial charge in [-0.3, -0.25) is 0 Å². The fraction of sp³-hybridized carbons (Fsp3) is 0. The molecular weight excluding hydrogens is 631 g/mol. The van der Waals surface area contributed by atoms with E-state index in [1.807, 2.05) is 12.1 Å². The van der Waals surface area contributed by atoms with Gasteiger partial charge in [0.1, 0.15) is 11.2 Å².